The van der Waals surface area contributed by atoms with Crippen LogP contribution in [-0.4, -0.2) is 37.4 Å². The van der Waals surface area contributed by atoms with Crippen molar-refractivity contribution >= 4 is 12.0 Å². The number of hydrogen-bond donors (Lipinski definition) is 0. The Balaban J connectivity index is 1.55. The number of piperazine rings is 1. The van der Waals surface area contributed by atoms with Gasteiger partial charge in [0.15, 0.2) is 0 Å². The van der Waals surface area contributed by atoms with Crippen molar-refractivity contribution < 1.29 is 13.6 Å². The molecule has 148 valence electrons. The van der Waals surface area contributed by atoms with Crippen molar-refractivity contribution in [2.45, 2.75) is 6.04 Å². The SMILES string of the molecule is O=Cc1ccc(N2CCN(C(c3ccc(F)cc3)c3ccc(F)cc3)CC2)cc1. The van der Waals surface area contributed by atoms with Gasteiger partial charge in [-0.3, -0.25) is 9.69 Å². The number of hydrogen-bond acceptors (Lipinski definition) is 3. The fraction of sp³-hybridized carbons (Fsp3) is 0.208. The van der Waals surface area contributed by atoms with E-state index < -0.39 is 0 Å². The molecule has 1 heterocycles. The van der Waals surface area contributed by atoms with Crippen molar-refractivity contribution in [1.82, 2.24) is 4.90 Å². The van der Waals surface area contributed by atoms with Crippen LogP contribution in [-0.2, 0) is 0 Å². The molecule has 0 aromatic heterocycles. The Morgan fingerprint density at radius 3 is 1.62 bits per heavy atom. The highest BCUT2D eigenvalue weighted by atomic mass is 19.1. The molecule has 0 saturated carbocycles. The third kappa shape index (κ3) is 4.35. The Bertz CT molecular complexity index is 902. The second-order valence-corrected chi connectivity index (χ2v) is 7.24. The molecule has 0 aliphatic carbocycles. The number of carbonyl (C=O) groups excluding carboxylic acids is 1. The van der Waals surface area contributed by atoms with Crippen LogP contribution in [0.2, 0.25) is 0 Å². The summed E-state index contributed by atoms with van der Waals surface area (Å²) in [5.41, 5.74) is 3.74. The van der Waals surface area contributed by atoms with Gasteiger partial charge < -0.3 is 4.90 Å². The molecule has 29 heavy (non-hydrogen) atoms. The minimum absolute atomic E-state index is 0.0595. The Hall–Kier alpha value is -3.05. The van der Waals surface area contributed by atoms with E-state index in [1.54, 1.807) is 24.3 Å². The van der Waals surface area contributed by atoms with Crippen LogP contribution in [0.1, 0.15) is 27.5 Å². The van der Waals surface area contributed by atoms with E-state index in [9.17, 15) is 13.6 Å². The largest absolute Gasteiger partial charge is 0.369 e. The summed E-state index contributed by atoms with van der Waals surface area (Å²) in [6, 6.07) is 20.6. The summed E-state index contributed by atoms with van der Waals surface area (Å²) in [5.74, 6) is -0.537. The highest BCUT2D eigenvalue weighted by Gasteiger charge is 2.26. The van der Waals surface area contributed by atoms with Crippen molar-refractivity contribution in [3.63, 3.8) is 0 Å². The van der Waals surface area contributed by atoms with Gasteiger partial charge in [-0.25, -0.2) is 8.78 Å². The van der Waals surface area contributed by atoms with Gasteiger partial charge in [-0.2, -0.15) is 0 Å². The Morgan fingerprint density at radius 2 is 1.17 bits per heavy atom. The first-order valence-corrected chi connectivity index (χ1v) is 9.69. The van der Waals surface area contributed by atoms with Crippen LogP contribution in [0.3, 0.4) is 0 Å². The van der Waals surface area contributed by atoms with Crippen LogP contribution < -0.4 is 4.90 Å². The Labute approximate surface area is 169 Å². The van der Waals surface area contributed by atoms with E-state index in [2.05, 4.69) is 9.80 Å². The molecular formula is C24H22F2N2O. The van der Waals surface area contributed by atoms with Gasteiger partial charge in [-0.15, -0.1) is 0 Å². The standard InChI is InChI=1S/C24H22F2N2O/c25-21-7-3-19(4-8-21)24(20-5-9-22(26)10-6-20)28-15-13-27(14-16-28)23-11-1-18(17-29)2-12-23/h1-12,17,24H,13-16H2. The van der Waals surface area contributed by atoms with E-state index >= 15 is 0 Å². The summed E-state index contributed by atoms with van der Waals surface area (Å²) in [7, 11) is 0. The lowest BCUT2D eigenvalue weighted by molar-refractivity contribution is 0.112. The summed E-state index contributed by atoms with van der Waals surface area (Å²) >= 11 is 0. The predicted octanol–water partition coefficient (Wildman–Crippen LogP) is 4.69. The molecule has 0 spiro atoms. The maximum absolute atomic E-state index is 13.4. The number of carbonyl (C=O) groups is 1. The summed E-state index contributed by atoms with van der Waals surface area (Å²) < 4.78 is 26.9. The smallest absolute Gasteiger partial charge is 0.150 e. The Kier molecular flexibility index (Phi) is 5.67. The fourth-order valence-electron chi connectivity index (χ4n) is 3.91. The lowest BCUT2D eigenvalue weighted by Crippen LogP contribution is -2.48. The van der Waals surface area contributed by atoms with E-state index in [0.717, 1.165) is 49.3 Å². The van der Waals surface area contributed by atoms with Gasteiger partial charge in [0.25, 0.3) is 0 Å². The summed E-state index contributed by atoms with van der Waals surface area (Å²) in [6.07, 6.45) is 0.845. The van der Waals surface area contributed by atoms with Crippen LogP contribution in [0.4, 0.5) is 14.5 Å². The molecule has 1 aliphatic rings. The third-order valence-electron chi connectivity index (χ3n) is 5.45. The van der Waals surface area contributed by atoms with E-state index in [1.165, 1.54) is 24.3 Å². The first-order chi connectivity index (χ1) is 14.1. The van der Waals surface area contributed by atoms with E-state index in [1.807, 2.05) is 24.3 Å². The van der Waals surface area contributed by atoms with Crippen molar-refractivity contribution in [3.05, 3.63) is 101 Å². The van der Waals surface area contributed by atoms with Crippen molar-refractivity contribution in [2.75, 3.05) is 31.1 Å². The minimum Gasteiger partial charge on any atom is -0.369 e. The van der Waals surface area contributed by atoms with Gasteiger partial charge >= 0.3 is 0 Å². The molecule has 3 aromatic rings. The average Bonchev–Trinajstić information content (AvgIpc) is 2.77. The topological polar surface area (TPSA) is 23.6 Å². The first-order valence-electron chi connectivity index (χ1n) is 9.69. The number of nitrogens with zero attached hydrogens (tertiary/aromatic N) is 2. The number of rotatable bonds is 5. The summed E-state index contributed by atoms with van der Waals surface area (Å²) in [4.78, 5) is 15.5. The number of halogens is 2. The number of aldehydes is 1. The maximum Gasteiger partial charge on any atom is 0.150 e. The van der Waals surface area contributed by atoms with E-state index in [-0.39, 0.29) is 17.7 Å². The number of anilines is 1. The third-order valence-corrected chi connectivity index (χ3v) is 5.45. The molecule has 5 heteroatoms. The molecule has 0 bridgehead atoms. The molecule has 1 aliphatic heterocycles. The second-order valence-electron chi connectivity index (χ2n) is 7.24. The maximum atomic E-state index is 13.4. The normalized spacial score (nSPS) is 14.9. The fourth-order valence-corrected chi connectivity index (χ4v) is 3.91. The van der Waals surface area contributed by atoms with Crippen LogP contribution in [0.5, 0.6) is 0 Å². The van der Waals surface area contributed by atoms with E-state index in [4.69, 9.17) is 0 Å². The van der Waals surface area contributed by atoms with Crippen LogP contribution in [0.25, 0.3) is 0 Å². The molecule has 0 atom stereocenters. The monoisotopic (exact) mass is 392 g/mol. The van der Waals surface area contributed by atoms with Gasteiger partial charge in [-0.05, 0) is 59.7 Å². The molecule has 4 rings (SSSR count). The zero-order valence-corrected chi connectivity index (χ0v) is 16.0. The molecule has 0 amide bonds. The highest BCUT2D eigenvalue weighted by molar-refractivity contribution is 5.75. The molecule has 3 nitrogen and oxygen atoms in total. The van der Waals surface area contributed by atoms with Gasteiger partial charge in [0.1, 0.15) is 17.9 Å². The minimum atomic E-state index is -0.268. The molecule has 0 N–H and O–H groups in total. The second kappa shape index (κ2) is 8.53. The van der Waals surface area contributed by atoms with Crippen LogP contribution >= 0.6 is 0 Å². The van der Waals surface area contributed by atoms with Gasteiger partial charge in [0.2, 0.25) is 0 Å². The number of benzene rings is 3. The Morgan fingerprint density at radius 1 is 0.690 bits per heavy atom. The van der Waals surface area contributed by atoms with Crippen molar-refractivity contribution in [2.24, 2.45) is 0 Å². The summed E-state index contributed by atoms with van der Waals surface area (Å²) in [6.45, 7) is 3.29. The molecule has 0 radical (unpaired) electrons. The van der Waals surface area contributed by atoms with Crippen LogP contribution in [0.15, 0.2) is 72.8 Å². The zero-order valence-electron chi connectivity index (χ0n) is 16.0. The van der Waals surface area contributed by atoms with Crippen molar-refractivity contribution in [1.29, 1.82) is 0 Å². The van der Waals surface area contributed by atoms with Gasteiger partial charge in [0, 0.05) is 37.4 Å². The van der Waals surface area contributed by atoms with Crippen molar-refractivity contribution in [3.8, 4) is 0 Å². The quantitative estimate of drug-likeness (QED) is 0.589. The first kappa shape index (κ1) is 19.3. The van der Waals surface area contributed by atoms with Crippen LogP contribution in [0, 0.1) is 11.6 Å². The predicted molar refractivity (Wildman–Crippen MR) is 110 cm³/mol. The zero-order chi connectivity index (χ0) is 20.2. The summed E-state index contributed by atoms with van der Waals surface area (Å²) in [5, 5.41) is 0. The lowest BCUT2D eigenvalue weighted by atomic mass is 9.96. The average molecular weight is 392 g/mol. The molecule has 1 fully saturated rings. The molecule has 1 saturated heterocycles. The van der Waals surface area contributed by atoms with Gasteiger partial charge in [0.05, 0.1) is 6.04 Å². The molecular weight excluding hydrogens is 370 g/mol. The molecule has 3 aromatic carbocycles. The van der Waals surface area contributed by atoms with Gasteiger partial charge in [-0.1, -0.05) is 24.3 Å². The lowest BCUT2D eigenvalue weighted by Gasteiger charge is -2.40. The highest BCUT2D eigenvalue weighted by Crippen LogP contribution is 2.31. The van der Waals surface area contributed by atoms with E-state index in [0.29, 0.717) is 5.56 Å². The molecule has 0 unspecified atom stereocenters.